The van der Waals surface area contributed by atoms with Crippen LogP contribution in [-0.4, -0.2) is 13.2 Å². The number of hydrogen-bond acceptors (Lipinski definition) is 2. The first kappa shape index (κ1) is 11.1. The van der Waals surface area contributed by atoms with E-state index < -0.39 is 0 Å². The Morgan fingerprint density at radius 1 is 1.06 bits per heavy atom. The van der Waals surface area contributed by atoms with Gasteiger partial charge in [-0.2, -0.15) is 0 Å². The van der Waals surface area contributed by atoms with Gasteiger partial charge in [-0.05, 0) is 29.8 Å². The van der Waals surface area contributed by atoms with E-state index in [4.69, 9.17) is 4.74 Å². The first-order valence-electron chi connectivity index (χ1n) is 6.04. The van der Waals surface area contributed by atoms with Crippen LogP contribution in [-0.2, 0) is 6.54 Å². The van der Waals surface area contributed by atoms with Crippen molar-refractivity contribution in [3.05, 3.63) is 59.9 Å². The standard InChI is InChI=1S/C15H14FNO/c16-13-7-5-12(6-8-13)11-17-9-10-18-15-4-2-1-3-14(15)17/h1-8H,9-11H2. The third-order valence-electron chi connectivity index (χ3n) is 3.11. The molecule has 0 atom stereocenters. The van der Waals surface area contributed by atoms with Crippen molar-refractivity contribution in [1.82, 2.24) is 0 Å². The van der Waals surface area contributed by atoms with Gasteiger partial charge in [-0.3, -0.25) is 0 Å². The number of halogens is 1. The van der Waals surface area contributed by atoms with Crippen molar-refractivity contribution in [2.45, 2.75) is 6.54 Å². The number of hydrogen-bond donors (Lipinski definition) is 0. The van der Waals surface area contributed by atoms with Crippen LogP contribution in [0.15, 0.2) is 48.5 Å². The lowest BCUT2D eigenvalue weighted by Gasteiger charge is -2.31. The SMILES string of the molecule is Fc1ccc(CN2CCOc3ccccc32)cc1. The number of ether oxygens (including phenoxy) is 1. The molecule has 0 fully saturated rings. The maximum absolute atomic E-state index is 12.9. The van der Waals surface area contributed by atoms with Gasteiger partial charge in [0.15, 0.2) is 0 Å². The van der Waals surface area contributed by atoms with E-state index in [1.165, 1.54) is 12.1 Å². The normalized spacial score (nSPS) is 13.9. The molecule has 0 N–H and O–H groups in total. The first-order chi connectivity index (χ1) is 8.83. The molecule has 3 heteroatoms. The Hall–Kier alpha value is -2.03. The Labute approximate surface area is 106 Å². The van der Waals surface area contributed by atoms with E-state index >= 15 is 0 Å². The fourth-order valence-corrected chi connectivity index (χ4v) is 2.20. The maximum atomic E-state index is 12.9. The summed E-state index contributed by atoms with van der Waals surface area (Å²) in [5.41, 5.74) is 2.21. The van der Waals surface area contributed by atoms with Gasteiger partial charge in [-0.15, -0.1) is 0 Å². The van der Waals surface area contributed by atoms with Crippen LogP contribution in [0.4, 0.5) is 10.1 Å². The zero-order chi connectivity index (χ0) is 12.4. The monoisotopic (exact) mass is 243 g/mol. The van der Waals surface area contributed by atoms with Gasteiger partial charge in [0, 0.05) is 6.54 Å². The molecule has 0 aromatic heterocycles. The Balaban J connectivity index is 1.84. The molecule has 1 aliphatic heterocycles. The molecule has 2 aromatic carbocycles. The predicted molar refractivity (Wildman–Crippen MR) is 69.4 cm³/mol. The molecular weight excluding hydrogens is 229 g/mol. The summed E-state index contributed by atoms with van der Waals surface area (Å²) in [6.45, 7) is 2.33. The van der Waals surface area contributed by atoms with Crippen LogP contribution < -0.4 is 9.64 Å². The predicted octanol–water partition coefficient (Wildman–Crippen LogP) is 3.22. The minimum absolute atomic E-state index is 0.193. The molecule has 1 heterocycles. The zero-order valence-corrected chi connectivity index (χ0v) is 9.97. The van der Waals surface area contributed by atoms with E-state index in [2.05, 4.69) is 11.0 Å². The number of nitrogens with zero attached hydrogens (tertiary/aromatic N) is 1. The van der Waals surface area contributed by atoms with Crippen LogP contribution in [0.5, 0.6) is 5.75 Å². The van der Waals surface area contributed by atoms with Gasteiger partial charge in [0.25, 0.3) is 0 Å². The number of fused-ring (bicyclic) bond motifs is 1. The largest absolute Gasteiger partial charge is 0.490 e. The molecule has 92 valence electrons. The highest BCUT2D eigenvalue weighted by molar-refractivity contribution is 5.59. The quantitative estimate of drug-likeness (QED) is 0.803. The lowest BCUT2D eigenvalue weighted by atomic mass is 10.1. The van der Waals surface area contributed by atoms with E-state index in [0.717, 1.165) is 30.1 Å². The molecule has 0 saturated heterocycles. The summed E-state index contributed by atoms with van der Waals surface area (Å²) in [7, 11) is 0. The van der Waals surface area contributed by atoms with E-state index in [1.54, 1.807) is 0 Å². The third-order valence-corrected chi connectivity index (χ3v) is 3.11. The van der Waals surface area contributed by atoms with Gasteiger partial charge in [-0.25, -0.2) is 4.39 Å². The van der Waals surface area contributed by atoms with Crippen molar-refractivity contribution in [3.8, 4) is 5.75 Å². The number of rotatable bonds is 2. The molecular formula is C15H14FNO. The van der Waals surface area contributed by atoms with Crippen LogP contribution in [0.3, 0.4) is 0 Å². The highest BCUT2D eigenvalue weighted by Gasteiger charge is 2.17. The van der Waals surface area contributed by atoms with E-state index in [1.807, 2.05) is 30.3 Å². The second kappa shape index (κ2) is 4.69. The van der Waals surface area contributed by atoms with Gasteiger partial charge >= 0.3 is 0 Å². The molecule has 0 aliphatic carbocycles. The van der Waals surface area contributed by atoms with Crippen molar-refractivity contribution < 1.29 is 9.13 Å². The summed E-state index contributed by atoms with van der Waals surface area (Å²) in [6.07, 6.45) is 0. The zero-order valence-electron chi connectivity index (χ0n) is 9.97. The average Bonchev–Trinajstić information content (AvgIpc) is 2.42. The third kappa shape index (κ3) is 2.16. The Morgan fingerprint density at radius 2 is 1.83 bits per heavy atom. The molecule has 0 radical (unpaired) electrons. The van der Waals surface area contributed by atoms with Crippen LogP contribution in [0.1, 0.15) is 5.56 Å². The highest BCUT2D eigenvalue weighted by atomic mass is 19.1. The molecule has 0 amide bonds. The lowest BCUT2D eigenvalue weighted by molar-refractivity contribution is 0.307. The molecule has 18 heavy (non-hydrogen) atoms. The summed E-state index contributed by atoms with van der Waals surface area (Å²) in [5, 5.41) is 0. The van der Waals surface area contributed by atoms with E-state index in [-0.39, 0.29) is 5.82 Å². The van der Waals surface area contributed by atoms with Gasteiger partial charge in [0.05, 0.1) is 12.2 Å². The maximum Gasteiger partial charge on any atom is 0.142 e. The molecule has 0 bridgehead atoms. The van der Waals surface area contributed by atoms with Gasteiger partial charge in [0.1, 0.15) is 18.2 Å². The topological polar surface area (TPSA) is 12.5 Å². The van der Waals surface area contributed by atoms with Crippen LogP contribution in [0.2, 0.25) is 0 Å². The molecule has 0 spiro atoms. The minimum Gasteiger partial charge on any atom is -0.490 e. The van der Waals surface area contributed by atoms with Crippen LogP contribution >= 0.6 is 0 Å². The summed E-state index contributed by atoms with van der Waals surface area (Å²) in [4.78, 5) is 2.26. The highest BCUT2D eigenvalue weighted by Crippen LogP contribution is 2.31. The number of benzene rings is 2. The van der Waals surface area contributed by atoms with Crippen molar-refractivity contribution >= 4 is 5.69 Å². The summed E-state index contributed by atoms with van der Waals surface area (Å²) in [5.74, 6) is 0.729. The fraction of sp³-hybridized carbons (Fsp3) is 0.200. The van der Waals surface area contributed by atoms with Gasteiger partial charge in [0.2, 0.25) is 0 Å². The smallest absolute Gasteiger partial charge is 0.142 e. The summed E-state index contributed by atoms with van der Waals surface area (Å²) < 4.78 is 18.5. The molecule has 0 unspecified atom stereocenters. The van der Waals surface area contributed by atoms with Crippen molar-refractivity contribution in [1.29, 1.82) is 0 Å². The number of anilines is 1. The number of para-hydroxylation sites is 2. The molecule has 2 aromatic rings. The molecule has 1 aliphatic rings. The fourth-order valence-electron chi connectivity index (χ4n) is 2.20. The van der Waals surface area contributed by atoms with E-state index in [9.17, 15) is 4.39 Å². The van der Waals surface area contributed by atoms with Gasteiger partial charge in [-0.1, -0.05) is 24.3 Å². The summed E-state index contributed by atoms with van der Waals surface area (Å²) >= 11 is 0. The van der Waals surface area contributed by atoms with Crippen LogP contribution in [0.25, 0.3) is 0 Å². The Kier molecular flexibility index (Phi) is 2.89. The minimum atomic E-state index is -0.193. The average molecular weight is 243 g/mol. The lowest BCUT2D eigenvalue weighted by Crippen LogP contribution is -2.32. The van der Waals surface area contributed by atoms with E-state index in [0.29, 0.717) is 6.61 Å². The van der Waals surface area contributed by atoms with Gasteiger partial charge < -0.3 is 9.64 Å². The van der Waals surface area contributed by atoms with Crippen molar-refractivity contribution in [2.24, 2.45) is 0 Å². The molecule has 0 saturated carbocycles. The second-order valence-corrected chi connectivity index (χ2v) is 4.36. The van der Waals surface area contributed by atoms with Crippen LogP contribution in [0, 0.1) is 5.82 Å². The van der Waals surface area contributed by atoms with Crippen molar-refractivity contribution in [2.75, 3.05) is 18.1 Å². The molecule has 3 rings (SSSR count). The first-order valence-corrected chi connectivity index (χ1v) is 6.04. The summed E-state index contributed by atoms with van der Waals surface area (Å²) in [6, 6.07) is 14.7. The Bertz CT molecular complexity index is 538. The Morgan fingerprint density at radius 3 is 2.67 bits per heavy atom. The molecule has 2 nitrogen and oxygen atoms in total. The van der Waals surface area contributed by atoms with Crippen molar-refractivity contribution in [3.63, 3.8) is 0 Å². The second-order valence-electron chi connectivity index (χ2n) is 4.36.